The van der Waals surface area contributed by atoms with Crippen molar-refractivity contribution in [2.75, 3.05) is 33.4 Å². The summed E-state index contributed by atoms with van der Waals surface area (Å²) in [7, 11) is 1.94. The summed E-state index contributed by atoms with van der Waals surface area (Å²) in [5.41, 5.74) is 0. The van der Waals surface area contributed by atoms with Crippen LogP contribution in [0.4, 0.5) is 0 Å². The van der Waals surface area contributed by atoms with Gasteiger partial charge in [0.25, 0.3) is 0 Å². The number of hydrogen-bond donors (Lipinski definition) is 0. The van der Waals surface area contributed by atoms with Gasteiger partial charge in [-0.1, -0.05) is 6.07 Å². The molecule has 1 aromatic rings. The number of thiophene rings is 1. The quantitative estimate of drug-likeness (QED) is 0.526. The molecule has 0 bridgehead atoms. The van der Waals surface area contributed by atoms with E-state index in [1.807, 2.05) is 36.4 Å². The van der Waals surface area contributed by atoms with E-state index in [0.29, 0.717) is 13.2 Å². The molecule has 0 fully saturated rings. The molecule has 0 radical (unpaired) electrons. The Kier molecular flexibility index (Phi) is 5.53. The van der Waals surface area contributed by atoms with Crippen LogP contribution in [0.15, 0.2) is 17.5 Å². The maximum absolute atomic E-state index is 11.7. The molecule has 0 saturated carbocycles. The molecule has 0 aliphatic rings. The Morgan fingerprint density at radius 2 is 2.40 bits per heavy atom. The molecule has 0 atom stereocenters. The van der Waals surface area contributed by atoms with Crippen molar-refractivity contribution in [1.82, 2.24) is 4.90 Å². The Labute approximate surface area is 94.7 Å². The molecule has 0 amide bonds. The van der Waals surface area contributed by atoms with Crippen LogP contribution in [-0.4, -0.2) is 44.0 Å². The van der Waals surface area contributed by atoms with E-state index in [1.54, 1.807) is 0 Å². The fraction of sp³-hybridized carbons (Fsp3) is 0.545. The van der Waals surface area contributed by atoms with E-state index in [0.717, 1.165) is 18.0 Å². The molecule has 3 nitrogen and oxygen atoms in total. The normalized spacial score (nSPS) is 10.9. The third kappa shape index (κ3) is 4.55. The first kappa shape index (κ1) is 12.4. The topological polar surface area (TPSA) is 29.5 Å². The van der Waals surface area contributed by atoms with Crippen LogP contribution in [0.5, 0.6) is 0 Å². The van der Waals surface area contributed by atoms with E-state index in [4.69, 9.17) is 4.74 Å². The first-order valence-electron chi connectivity index (χ1n) is 5.07. The number of ketones is 1. The van der Waals surface area contributed by atoms with Crippen molar-refractivity contribution >= 4 is 17.1 Å². The van der Waals surface area contributed by atoms with Crippen LogP contribution < -0.4 is 0 Å². The summed E-state index contributed by atoms with van der Waals surface area (Å²) in [6, 6.07) is 3.77. The average molecular weight is 227 g/mol. The number of carbonyl (C=O) groups excluding carboxylic acids is 1. The minimum absolute atomic E-state index is 0.184. The van der Waals surface area contributed by atoms with Crippen molar-refractivity contribution in [2.24, 2.45) is 0 Å². The lowest BCUT2D eigenvalue weighted by atomic mass is 10.3. The standard InChI is InChI=1S/C11H17NO2S/c1-3-14-7-6-12(2)9-10(13)11-5-4-8-15-11/h4-5,8H,3,6-7,9H2,1-2H3. The van der Waals surface area contributed by atoms with Gasteiger partial charge in [-0.2, -0.15) is 0 Å². The van der Waals surface area contributed by atoms with Gasteiger partial charge in [0, 0.05) is 13.2 Å². The van der Waals surface area contributed by atoms with Crippen LogP contribution in [-0.2, 0) is 4.74 Å². The number of likely N-dealkylation sites (N-methyl/N-ethyl adjacent to an activating group) is 1. The highest BCUT2D eigenvalue weighted by molar-refractivity contribution is 7.12. The van der Waals surface area contributed by atoms with Crippen molar-refractivity contribution in [1.29, 1.82) is 0 Å². The number of Topliss-reactive ketones (excluding diaryl/α,β-unsaturated/α-hetero) is 1. The molecular weight excluding hydrogens is 210 g/mol. The fourth-order valence-electron chi connectivity index (χ4n) is 1.20. The molecule has 0 aliphatic carbocycles. The smallest absolute Gasteiger partial charge is 0.186 e. The second-order valence-corrected chi connectivity index (χ2v) is 4.28. The predicted molar refractivity (Wildman–Crippen MR) is 62.6 cm³/mol. The van der Waals surface area contributed by atoms with E-state index in [2.05, 4.69) is 0 Å². The zero-order valence-electron chi connectivity index (χ0n) is 9.23. The van der Waals surface area contributed by atoms with E-state index < -0.39 is 0 Å². The molecule has 1 aromatic heterocycles. The van der Waals surface area contributed by atoms with E-state index >= 15 is 0 Å². The van der Waals surface area contributed by atoms with Gasteiger partial charge in [-0.15, -0.1) is 11.3 Å². The van der Waals surface area contributed by atoms with Crippen molar-refractivity contribution in [3.05, 3.63) is 22.4 Å². The number of carbonyl (C=O) groups is 1. The monoisotopic (exact) mass is 227 g/mol. The fourth-order valence-corrected chi connectivity index (χ4v) is 1.86. The first-order valence-corrected chi connectivity index (χ1v) is 5.95. The van der Waals surface area contributed by atoms with Gasteiger partial charge in [-0.05, 0) is 25.4 Å². The second-order valence-electron chi connectivity index (χ2n) is 3.34. The lowest BCUT2D eigenvalue weighted by Crippen LogP contribution is -2.29. The number of ether oxygens (including phenoxy) is 1. The van der Waals surface area contributed by atoms with Gasteiger partial charge in [0.1, 0.15) is 0 Å². The first-order chi connectivity index (χ1) is 7.24. The zero-order valence-corrected chi connectivity index (χ0v) is 10.0. The molecule has 0 unspecified atom stereocenters. The summed E-state index contributed by atoms with van der Waals surface area (Å²) in [6.07, 6.45) is 0. The minimum Gasteiger partial charge on any atom is -0.380 e. The number of hydrogen-bond acceptors (Lipinski definition) is 4. The Balaban J connectivity index is 2.26. The number of nitrogens with zero attached hydrogens (tertiary/aromatic N) is 1. The molecular formula is C11H17NO2S. The molecule has 0 spiro atoms. The highest BCUT2D eigenvalue weighted by Gasteiger charge is 2.09. The maximum atomic E-state index is 11.7. The molecule has 0 aromatic carbocycles. The van der Waals surface area contributed by atoms with E-state index in [1.165, 1.54) is 11.3 Å². The summed E-state index contributed by atoms with van der Waals surface area (Å²) in [4.78, 5) is 14.5. The van der Waals surface area contributed by atoms with Gasteiger partial charge >= 0.3 is 0 Å². The van der Waals surface area contributed by atoms with Gasteiger partial charge in [0.05, 0.1) is 18.0 Å². The average Bonchev–Trinajstić information content (AvgIpc) is 2.70. The second kappa shape index (κ2) is 6.71. The van der Waals surface area contributed by atoms with Gasteiger partial charge in [0.2, 0.25) is 0 Å². The van der Waals surface area contributed by atoms with Gasteiger partial charge < -0.3 is 4.74 Å². The van der Waals surface area contributed by atoms with Crippen LogP contribution in [0.25, 0.3) is 0 Å². The van der Waals surface area contributed by atoms with Gasteiger partial charge in [-0.3, -0.25) is 9.69 Å². The molecule has 0 aliphatic heterocycles. The van der Waals surface area contributed by atoms with E-state index in [-0.39, 0.29) is 5.78 Å². The lowest BCUT2D eigenvalue weighted by molar-refractivity contribution is 0.0900. The molecule has 1 rings (SSSR count). The summed E-state index contributed by atoms with van der Waals surface area (Å²) < 4.78 is 5.23. The highest BCUT2D eigenvalue weighted by Crippen LogP contribution is 2.09. The summed E-state index contributed by atoms with van der Waals surface area (Å²) >= 11 is 1.49. The molecule has 1 heterocycles. The highest BCUT2D eigenvalue weighted by atomic mass is 32.1. The summed E-state index contributed by atoms with van der Waals surface area (Å²) in [5.74, 6) is 0.184. The van der Waals surface area contributed by atoms with Crippen LogP contribution in [0.3, 0.4) is 0 Å². The van der Waals surface area contributed by atoms with E-state index in [9.17, 15) is 4.79 Å². The van der Waals surface area contributed by atoms with Crippen LogP contribution in [0.2, 0.25) is 0 Å². The van der Waals surface area contributed by atoms with Crippen molar-refractivity contribution < 1.29 is 9.53 Å². The predicted octanol–water partition coefficient (Wildman–Crippen LogP) is 1.90. The Bertz CT molecular complexity index is 285. The van der Waals surface area contributed by atoms with Gasteiger partial charge in [-0.25, -0.2) is 0 Å². The molecule has 4 heteroatoms. The Hall–Kier alpha value is -0.710. The van der Waals surface area contributed by atoms with Crippen molar-refractivity contribution in [3.63, 3.8) is 0 Å². The third-order valence-electron chi connectivity index (χ3n) is 2.03. The van der Waals surface area contributed by atoms with Crippen molar-refractivity contribution in [3.8, 4) is 0 Å². The van der Waals surface area contributed by atoms with Crippen molar-refractivity contribution in [2.45, 2.75) is 6.92 Å². The lowest BCUT2D eigenvalue weighted by Gasteiger charge is -2.14. The molecule has 0 N–H and O–H groups in total. The van der Waals surface area contributed by atoms with Crippen LogP contribution in [0.1, 0.15) is 16.6 Å². The van der Waals surface area contributed by atoms with Gasteiger partial charge in [0.15, 0.2) is 5.78 Å². The summed E-state index contributed by atoms with van der Waals surface area (Å²) in [6.45, 7) is 4.65. The Morgan fingerprint density at radius 3 is 3.00 bits per heavy atom. The zero-order chi connectivity index (χ0) is 11.1. The summed E-state index contributed by atoms with van der Waals surface area (Å²) in [5, 5.41) is 1.92. The molecule has 84 valence electrons. The SMILES string of the molecule is CCOCCN(C)CC(=O)c1cccs1. The third-order valence-corrected chi connectivity index (χ3v) is 2.94. The van der Waals surface area contributed by atoms with Crippen LogP contribution >= 0.6 is 11.3 Å². The minimum atomic E-state index is 0.184. The van der Waals surface area contributed by atoms with Crippen LogP contribution in [0, 0.1) is 0 Å². The Morgan fingerprint density at radius 1 is 1.60 bits per heavy atom. The number of rotatable bonds is 7. The molecule has 0 saturated heterocycles. The largest absolute Gasteiger partial charge is 0.380 e. The maximum Gasteiger partial charge on any atom is 0.186 e. The molecule has 15 heavy (non-hydrogen) atoms.